The Balaban J connectivity index is 2.06. The third-order valence-electron chi connectivity index (χ3n) is 5.40. The number of thiocarbonyl (C=S) groups is 1. The number of pyridine rings is 1. The van der Waals surface area contributed by atoms with Gasteiger partial charge in [-0.25, -0.2) is 0 Å². The molecule has 1 heterocycles. The molecule has 2 rings (SSSR count). The zero-order valence-electron chi connectivity index (χ0n) is 17.9. The zero-order chi connectivity index (χ0) is 21.2. The van der Waals surface area contributed by atoms with Crippen molar-refractivity contribution >= 4 is 28.2 Å². The summed E-state index contributed by atoms with van der Waals surface area (Å²) in [5, 5.41) is 14.3. The predicted molar refractivity (Wildman–Crippen MR) is 124 cm³/mol. The maximum absolute atomic E-state index is 12.5. The molecule has 0 spiro atoms. The van der Waals surface area contributed by atoms with E-state index < -0.39 is 0 Å². The lowest BCUT2D eigenvalue weighted by Crippen LogP contribution is -3.11. The van der Waals surface area contributed by atoms with Crippen LogP contribution in [0.3, 0.4) is 0 Å². The Kier molecular flexibility index (Phi) is 9.57. The van der Waals surface area contributed by atoms with E-state index in [1.54, 1.807) is 4.90 Å². The molecule has 0 aliphatic heterocycles. The monoisotopic (exact) mass is 419 g/mol. The Morgan fingerprint density at radius 2 is 2.00 bits per heavy atom. The van der Waals surface area contributed by atoms with Crippen molar-refractivity contribution in [3.63, 3.8) is 0 Å². The molecule has 0 aliphatic rings. The van der Waals surface area contributed by atoms with Gasteiger partial charge < -0.3 is 25.2 Å². The molecule has 29 heavy (non-hydrogen) atoms. The van der Waals surface area contributed by atoms with Gasteiger partial charge in [-0.3, -0.25) is 4.79 Å². The van der Waals surface area contributed by atoms with E-state index in [2.05, 4.69) is 37.1 Å². The lowest BCUT2D eigenvalue weighted by atomic mass is 10.1. The summed E-state index contributed by atoms with van der Waals surface area (Å²) in [4.78, 5) is 18.9. The van der Waals surface area contributed by atoms with Gasteiger partial charge in [-0.1, -0.05) is 13.0 Å². The highest BCUT2D eigenvalue weighted by molar-refractivity contribution is 7.80. The van der Waals surface area contributed by atoms with Crippen LogP contribution in [0.2, 0.25) is 0 Å². The van der Waals surface area contributed by atoms with Gasteiger partial charge in [-0.15, -0.1) is 0 Å². The molecule has 0 saturated heterocycles. The number of nitrogens with zero attached hydrogens (tertiary/aromatic N) is 1. The first-order valence-electron chi connectivity index (χ1n) is 10.6. The molecule has 0 unspecified atom stereocenters. The van der Waals surface area contributed by atoms with Crippen LogP contribution in [0.1, 0.15) is 38.3 Å². The Morgan fingerprint density at radius 1 is 1.24 bits per heavy atom. The molecule has 0 aliphatic carbocycles. The van der Waals surface area contributed by atoms with Crippen LogP contribution in [-0.2, 0) is 13.0 Å². The largest absolute Gasteiger partial charge is 0.395 e. The minimum absolute atomic E-state index is 0.0170. The highest BCUT2D eigenvalue weighted by Gasteiger charge is 2.13. The highest BCUT2D eigenvalue weighted by Crippen LogP contribution is 2.15. The van der Waals surface area contributed by atoms with Gasteiger partial charge in [0.2, 0.25) is 0 Å². The third kappa shape index (κ3) is 6.80. The van der Waals surface area contributed by atoms with Crippen LogP contribution < -0.4 is 15.8 Å². The van der Waals surface area contributed by atoms with Gasteiger partial charge in [-0.2, -0.15) is 0 Å². The van der Waals surface area contributed by atoms with Crippen molar-refractivity contribution in [2.45, 2.75) is 40.2 Å². The molecule has 0 saturated carbocycles. The van der Waals surface area contributed by atoms with E-state index >= 15 is 0 Å². The number of aromatic amines is 1. The second-order valence-corrected chi connectivity index (χ2v) is 7.72. The van der Waals surface area contributed by atoms with Crippen LogP contribution in [0.25, 0.3) is 10.9 Å². The van der Waals surface area contributed by atoms with Crippen LogP contribution >= 0.6 is 12.2 Å². The maximum atomic E-state index is 12.5. The first-order chi connectivity index (χ1) is 14.0. The van der Waals surface area contributed by atoms with E-state index in [-0.39, 0.29) is 12.2 Å². The first-order valence-corrected chi connectivity index (χ1v) is 11.0. The average Bonchev–Trinajstić information content (AvgIpc) is 2.73. The van der Waals surface area contributed by atoms with Gasteiger partial charge in [0, 0.05) is 30.6 Å². The van der Waals surface area contributed by atoms with Crippen molar-refractivity contribution in [2.75, 3.05) is 39.3 Å². The molecule has 160 valence electrons. The van der Waals surface area contributed by atoms with Crippen molar-refractivity contribution in [3.05, 3.63) is 45.7 Å². The van der Waals surface area contributed by atoms with Crippen LogP contribution in [0.4, 0.5) is 0 Å². The molecule has 1 aromatic carbocycles. The summed E-state index contributed by atoms with van der Waals surface area (Å²) in [7, 11) is 0. The number of aliphatic hydroxyl groups excluding tert-OH is 1. The number of hydrogen-bond donors (Lipinski definition) is 4. The third-order valence-corrected chi connectivity index (χ3v) is 5.80. The van der Waals surface area contributed by atoms with Crippen LogP contribution in [0.5, 0.6) is 0 Å². The topological polar surface area (TPSA) is 72.8 Å². The summed E-state index contributed by atoms with van der Waals surface area (Å²) in [6, 6.07) is 8.03. The van der Waals surface area contributed by atoms with Crippen LogP contribution in [0, 0.1) is 0 Å². The van der Waals surface area contributed by atoms with Gasteiger partial charge in [0.15, 0.2) is 5.11 Å². The van der Waals surface area contributed by atoms with Gasteiger partial charge in [0.05, 0.1) is 32.8 Å². The van der Waals surface area contributed by atoms with E-state index in [0.717, 1.165) is 49.9 Å². The normalized spacial score (nSPS) is 11.2. The highest BCUT2D eigenvalue weighted by atomic mass is 32.1. The quantitative estimate of drug-likeness (QED) is 0.324. The minimum atomic E-state index is -0.113. The molecule has 0 radical (unpaired) electrons. The second-order valence-electron chi connectivity index (χ2n) is 7.34. The molecule has 7 heteroatoms. The number of H-pyrrole nitrogens is 1. The number of nitrogens with one attached hydrogen (secondary N) is 3. The number of rotatable bonds is 11. The number of aliphatic hydroxyl groups is 1. The summed E-state index contributed by atoms with van der Waals surface area (Å²) in [6.45, 7) is 11.4. The van der Waals surface area contributed by atoms with Gasteiger partial charge >= 0.3 is 0 Å². The SMILES string of the molecule is CCc1ccc2[nH]c(=O)c(CN(CCO)C(=S)NCCC[NH+](CC)CC)cc2c1. The lowest BCUT2D eigenvalue weighted by molar-refractivity contribution is -0.896. The molecule has 0 amide bonds. The van der Waals surface area contributed by atoms with Crippen LogP contribution in [-0.4, -0.2) is 59.4 Å². The van der Waals surface area contributed by atoms with E-state index in [4.69, 9.17) is 12.2 Å². The van der Waals surface area contributed by atoms with E-state index in [0.29, 0.717) is 23.8 Å². The standard InChI is InChI=1S/C22H34N4O2S/c1-4-17-8-9-20-18(14-17)15-19(21(28)24-20)16-26(12-13-27)22(29)23-10-7-11-25(5-2)6-3/h8-9,14-15,27H,4-7,10-13,16H2,1-3H3,(H,23,29)(H,24,28)/p+1. The van der Waals surface area contributed by atoms with E-state index in [9.17, 15) is 9.90 Å². The molecule has 0 bridgehead atoms. The van der Waals surface area contributed by atoms with Crippen molar-refractivity contribution in [1.29, 1.82) is 0 Å². The fourth-order valence-corrected chi connectivity index (χ4v) is 3.72. The lowest BCUT2D eigenvalue weighted by Gasteiger charge is -2.25. The van der Waals surface area contributed by atoms with Crippen molar-refractivity contribution in [1.82, 2.24) is 15.2 Å². The van der Waals surface area contributed by atoms with E-state index in [1.165, 1.54) is 5.56 Å². The van der Waals surface area contributed by atoms with Crippen molar-refractivity contribution < 1.29 is 10.0 Å². The molecule has 1 aromatic heterocycles. The first kappa shape index (κ1) is 23.3. The molecule has 2 aromatic rings. The van der Waals surface area contributed by atoms with Crippen LogP contribution in [0.15, 0.2) is 29.1 Å². The smallest absolute Gasteiger partial charge is 0.253 e. The summed E-state index contributed by atoms with van der Waals surface area (Å²) in [5.41, 5.74) is 2.60. The molecule has 6 nitrogen and oxygen atoms in total. The Hall–Kier alpha value is -1.96. The fourth-order valence-electron chi connectivity index (χ4n) is 3.47. The minimum Gasteiger partial charge on any atom is -0.395 e. The number of benzene rings is 1. The Bertz CT molecular complexity index is 848. The summed E-state index contributed by atoms with van der Waals surface area (Å²) < 4.78 is 0. The average molecular weight is 420 g/mol. The molecule has 0 atom stereocenters. The van der Waals surface area contributed by atoms with Gasteiger partial charge in [0.25, 0.3) is 5.56 Å². The van der Waals surface area contributed by atoms with Gasteiger partial charge in [0.1, 0.15) is 0 Å². The number of fused-ring (bicyclic) bond motifs is 1. The van der Waals surface area contributed by atoms with Crippen molar-refractivity contribution in [3.8, 4) is 0 Å². The molecular weight excluding hydrogens is 384 g/mol. The van der Waals surface area contributed by atoms with Gasteiger partial charge in [-0.05, 0) is 61.6 Å². The Morgan fingerprint density at radius 3 is 2.66 bits per heavy atom. The molecular formula is C22H35N4O2S+. The predicted octanol–water partition coefficient (Wildman–Crippen LogP) is 1.07. The fraction of sp³-hybridized carbons (Fsp3) is 0.545. The second kappa shape index (κ2) is 11.9. The molecule has 4 N–H and O–H groups in total. The number of hydrogen-bond acceptors (Lipinski definition) is 3. The van der Waals surface area contributed by atoms with Crippen molar-refractivity contribution in [2.24, 2.45) is 0 Å². The number of aromatic nitrogens is 1. The summed E-state index contributed by atoms with van der Waals surface area (Å²) in [6.07, 6.45) is 1.98. The number of quaternary nitrogens is 1. The number of aryl methyl sites for hydroxylation is 1. The zero-order valence-corrected chi connectivity index (χ0v) is 18.7. The Labute approximate surface area is 178 Å². The van der Waals surface area contributed by atoms with E-state index in [1.807, 2.05) is 23.1 Å². The maximum Gasteiger partial charge on any atom is 0.253 e. The molecule has 0 fully saturated rings. The summed E-state index contributed by atoms with van der Waals surface area (Å²) >= 11 is 5.54. The summed E-state index contributed by atoms with van der Waals surface area (Å²) in [5.74, 6) is 0.